The summed E-state index contributed by atoms with van der Waals surface area (Å²) in [5.74, 6) is 1.54. The lowest BCUT2D eigenvalue weighted by molar-refractivity contribution is 0.102. The Bertz CT molecular complexity index is 1330. The number of aryl methyl sites for hydroxylation is 2. The second-order valence-corrected chi connectivity index (χ2v) is 8.44. The molecule has 0 bridgehead atoms. The SMILES string of the molecule is CCCn1c(SCC(=O)c2cc(C)n(-c3cc(C)on3)c2C)nc2ccccc2c1=O. The minimum atomic E-state index is -0.0676. The van der Waals surface area contributed by atoms with Crippen LogP contribution >= 0.6 is 11.8 Å². The molecule has 0 saturated heterocycles. The van der Waals surface area contributed by atoms with Gasteiger partial charge in [0.1, 0.15) is 5.76 Å². The van der Waals surface area contributed by atoms with Gasteiger partial charge in [-0.25, -0.2) is 4.98 Å². The van der Waals surface area contributed by atoms with Crippen molar-refractivity contribution in [1.29, 1.82) is 0 Å². The van der Waals surface area contributed by atoms with E-state index in [1.165, 1.54) is 11.8 Å². The first-order valence-electron chi connectivity index (χ1n) is 10.2. The quantitative estimate of drug-likeness (QED) is 0.241. The third kappa shape index (κ3) is 3.95. The maximum Gasteiger partial charge on any atom is 0.262 e. The van der Waals surface area contributed by atoms with Crippen LogP contribution in [0.15, 0.2) is 50.9 Å². The third-order valence-corrected chi connectivity index (χ3v) is 6.16. The molecule has 0 atom stereocenters. The first-order valence-corrected chi connectivity index (χ1v) is 11.2. The highest BCUT2D eigenvalue weighted by Gasteiger charge is 2.20. The molecule has 3 heterocycles. The van der Waals surface area contributed by atoms with Gasteiger partial charge in [-0.15, -0.1) is 0 Å². The molecule has 8 heteroatoms. The number of hydrogen-bond donors (Lipinski definition) is 0. The zero-order valence-corrected chi connectivity index (χ0v) is 18.8. The first kappa shape index (κ1) is 21.1. The van der Waals surface area contributed by atoms with Gasteiger partial charge in [-0.1, -0.05) is 36.0 Å². The van der Waals surface area contributed by atoms with Crippen molar-refractivity contribution >= 4 is 28.4 Å². The fourth-order valence-electron chi connectivity index (χ4n) is 3.74. The maximum absolute atomic E-state index is 13.1. The number of Topliss-reactive ketones (excluding diaryl/α,β-unsaturated/α-hetero) is 1. The van der Waals surface area contributed by atoms with E-state index in [1.54, 1.807) is 10.6 Å². The monoisotopic (exact) mass is 436 g/mol. The van der Waals surface area contributed by atoms with Crippen LogP contribution in [0.2, 0.25) is 0 Å². The number of fused-ring (bicyclic) bond motifs is 1. The van der Waals surface area contributed by atoms with Gasteiger partial charge < -0.3 is 4.52 Å². The van der Waals surface area contributed by atoms with Gasteiger partial charge in [0.05, 0.1) is 16.7 Å². The number of thioether (sulfide) groups is 1. The van der Waals surface area contributed by atoms with E-state index in [-0.39, 0.29) is 17.1 Å². The van der Waals surface area contributed by atoms with Crippen molar-refractivity contribution in [3.05, 3.63) is 69.5 Å². The lowest BCUT2D eigenvalue weighted by atomic mass is 10.2. The van der Waals surface area contributed by atoms with Crippen molar-refractivity contribution in [2.75, 3.05) is 5.75 Å². The van der Waals surface area contributed by atoms with Crippen molar-refractivity contribution in [1.82, 2.24) is 19.3 Å². The molecule has 0 spiro atoms. The Morgan fingerprint density at radius 3 is 2.65 bits per heavy atom. The Kier molecular flexibility index (Phi) is 5.82. The lowest BCUT2D eigenvalue weighted by Gasteiger charge is -2.12. The normalized spacial score (nSPS) is 11.4. The highest BCUT2D eigenvalue weighted by molar-refractivity contribution is 7.99. The predicted molar refractivity (Wildman–Crippen MR) is 121 cm³/mol. The minimum absolute atomic E-state index is 0.0185. The van der Waals surface area contributed by atoms with Crippen LogP contribution in [-0.4, -0.2) is 30.8 Å². The number of carbonyl (C=O) groups is 1. The molecule has 4 rings (SSSR count). The number of nitrogens with zero attached hydrogens (tertiary/aromatic N) is 4. The van der Waals surface area contributed by atoms with Gasteiger partial charge in [0.2, 0.25) is 0 Å². The van der Waals surface area contributed by atoms with Crippen LogP contribution in [0.1, 0.15) is 40.9 Å². The van der Waals surface area contributed by atoms with Crippen LogP contribution < -0.4 is 5.56 Å². The predicted octanol–water partition coefficient (Wildman–Crippen LogP) is 4.49. The minimum Gasteiger partial charge on any atom is -0.360 e. The van der Waals surface area contributed by atoms with Crippen molar-refractivity contribution in [3.8, 4) is 5.82 Å². The topological polar surface area (TPSA) is 82.9 Å². The molecular formula is C23H24N4O3S. The molecule has 160 valence electrons. The van der Waals surface area contributed by atoms with Gasteiger partial charge in [0.15, 0.2) is 16.8 Å². The summed E-state index contributed by atoms with van der Waals surface area (Å²) in [5.41, 5.74) is 2.94. The van der Waals surface area contributed by atoms with Crippen LogP contribution in [0, 0.1) is 20.8 Å². The van der Waals surface area contributed by atoms with Gasteiger partial charge in [-0.05, 0) is 45.4 Å². The summed E-state index contributed by atoms with van der Waals surface area (Å²) < 4.78 is 8.77. The van der Waals surface area contributed by atoms with Gasteiger partial charge in [0, 0.05) is 29.6 Å². The van der Waals surface area contributed by atoms with Crippen LogP contribution in [0.3, 0.4) is 0 Å². The number of rotatable bonds is 7. The molecule has 1 aromatic carbocycles. The van der Waals surface area contributed by atoms with E-state index in [0.717, 1.165) is 17.8 Å². The molecule has 3 aromatic heterocycles. The van der Waals surface area contributed by atoms with Crippen LogP contribution in [0.25, 0.3) is 16.7 Å². The number of ketones is 1. The van der Waals surface area contributed by atoms with E-state index in [4.69, 9.17) is 4.52 Å². The van der Waals surface area contributed by atoms with E-state index >= 15 is 0 Å². The van der Waals surface area contributed by atoms with E-state index in [0.29, 0.717) is 39.7 Å². The van der Waals surface area contributed by atoms with Crippen molar-refractivity contribution in [2.45, 2.75) is 45.8 Å². The summed E-state index contributed by atoms with van der Waals surface area (Å²) >= 11 is 1.30. The number of carbonyl (C=O) groups excluding carboxylic acids is 1. The van der Waals surface area contributed by atoms with Crippen LogP contribution in [0.4, 0.5) is 0 Å². The number of hydrogen-bond acceptors (Lipinski definition) is 6. The average Bonchev–Trinajstić information content (AvgIpc) is 3.30. The Hall–Kier alpha value is -3.13. The maximum atomic E-state index is 13.1. The lowest BCUT2D eigenvalue weighted by Crippen LogP contribution is -2.23. The smallest absolute Gasteiger partial charge is 0.262 e. The number of benzene rings is 1. The van der Waals surface area contributed by atoms with E-state index < -0.39 is 0 Å². The zero-order valence-electron chi connectivity index (χ0n) is 18.0. The van der Waals surface area contributed by atoms with Gasteiger partial charge in [0.25, 0.3) is 5.56 Å². The first-order chi connectivity index (χ1) is 14.9. The van der Waals surface area contributed by atoms with Crippen LogP contribution in [-0.2, 0) is 6.54 Å². The summed E-state index contributed by atoms with van der Waals surface area (Å²) in [4.78, 5) is 30.6. The third-order valence-electron chi connectivity index (χ3n) is 5.18. The Morgan fingerprint density at radius 2 is 1.94 bits per heavy atom. The zero-order chi connectivity index (χ0) is 22.1. The van der Waals surface area contributed by atoms with Gasteiger partial charge in [-0.3, -0.25) is 18.7 Å². The molecule has 7 nitrogen and oxygen atoms in total. The summed E-state index contributed by atoms with van der Waals surface area (Å²) in [6.45, 7) is 8.25. The highest BCUT2D eigenvalue weighted by atomic mass is 32.2. The van der Waals surface area contributed by atoms with Gasteiger partial charge >= 0.3 is 0 Å². The fraction of sp³-hybridized carbons (Fsp3) is 0.304. The molecule has 0 radical (unpaired) electrons. The second kappa shape index (κ2) is 8.55. The largest absolute Gasteiger partial charge is 0.360 e. The molecule has 31 heavy (non-hydrogen) atoms. The molecule has 0 aliphatic rings. The van der Waals surface area contributed by atoms with E-state index in [1.807, 2.05) is 62.6 Å². The summed E-state index contributed by atoms with van der Waals surface area (Å²) in [6, 6.07) is 11.0. The molecular weight excluding hydrogens is 412 g/mol. The molecule has 0 N–H and O–H groups in total. The Morgan fingerprint density at radius 1 is 1.16 bits per heavy atom. The summed E-state index contributed by atoms with van der Waals surface area (Å²) in [5, 5.41) is 5.23. The van der Waals surface area contributed by atoms with Crippen molar-refractivity contribution in [3.63, 3.8) is 0 Å². The fourth-order valence-corrected chi connectivity index (χ4v) is 4.65. The van der Waals surface area contributed by atoms with Gasteiger partial charge in [-0.2, -0.15) is 0 Å². The molecule has 4 aromatic rings. The highest BCUT2D eigenvalue weighted by Crippen LogP contribution is 2.24. The molecule has 0 aliphatic heterocycles. The number of aromatic nitrogens is 4. The van der Waals surface area contributed by atoms with E-state index in [2.05, 4.69) is 10.1 Å². The molecule has 0 amide bonds. The standard InChI is InChI=1S/C23H24N4O3S/c1-5-10-26-22(29)17-8-6-7-9-19(17)24-23(26)31-13-20(28)18-11-14(2)27(16(18)4)21-12-15(3)30-25-21/h6-9,11-12H,5,10,13H2,1-4H3. The summed E-state index contributed by atoms with van der Waals surface area (Å²) in [6.07, 6.45) is 0.805. The van der Waals surface area contributed by atoms with Crippen LogP contribution in [0.5, 0.6) is 0 Å². The Balaban J connectivity index is 1.63. The van der Waals surface area contributed by atoms with Crippen molar-refractivity contribution in [2.24, 2.45) is 0 Å². The Labute approximate surface area is 184 Å². The number of para-hydroxylation sites is 1. The van der Waals surface area contributed by atoms with Crippen molar-refractivity contribution < 1.29 is 9.32 Å². The summed E-state index contributed by atoms with van der Waals surface area (Å²) in [7, 11) is 0. The molecule has 0 saturated carbocycles. The molecule has 0 unspecified atom stereocenters. The average molecular weight is 437 g/mol. The van der Waals surface area contributed by atoms with E-state index in [9.17, 15) is 9.59 Å². The second-order valence-electron chi connectivity index (χ2n) is 7.50. The molecule has 0 fully saturated rings. The molecule has 0 aliphatic carbocycles.